The number of esters is 1. The van der Waals surface area contributed by atoms with E-state index in [4.69, 9.17) is 18.9 Å². The van der Waals surface area contributed by atoms with E-state index in [9.17, 15) is 9.59 Å². The quantitative estimate of drug-likeness (QED) is 0.250. The maximum absolute atomic E-state index is 13.0. The first-order chi connectivity index (χ1) is 16.4. The Morgan fingerprint density at radius 3 is 2.65 bits per heavy atom. The fraction of sp³-hybridized carbons (Fsp3) is 0.333. The third-order valence-electron chi connectivity index (χ3n) is 5.57. The smallest absolute Gasteiger partial charge is 0.346 e. The molecule has 2 aromatic carbocycles. The largest absolute Gasteiger partial charge is 0.495 e. The van der Waals surface area contributed by atoms with Crippen LogP contribution in [0.15, 0.2) is 65.6 Å². The minimum atomic E-state index is -0.593. The Morgan fingerprint density at radius 2 is 1.94 bits per heavy atom. The Morgan fingerprint density at radius 1 is 1.18 bits per heavy atom. The van der Waals surface area contributed by atoms with Gasteiger partial charge >= 0.3 is 5.97 Å². The molecule has 0 spiro atoms. The Bertz CT molecular complexity index is 1150. The Balaban J connectivity index is 1.70. The number of Topliss-reactive ketones (excluding diaryl/α,β-unsaturated/α-hetero) is 1. The highest BCUT2D eigenvalue weighted by Gasteiger charge is 2.33. The number of carbonyl (C=O) groups is 2. The fourth-order valence-corrected chi connectivity index (χ4v) is 4.62. The molecule has 0 amide bonds. The van der Waals surface area contributed by atoms with E-state index in [1.165, 1.54) is 7.11 Å². The summed E-state index contributed by atoms with van der Waals surface area (Å²) in [5.74, 6) is 0.989. The first-order valence-corrected chi connectivity index (χ1v) is 12.1. The van der Waals surface area contributed by atoms with Gasteiger partial charge in [-0.2, -0.15) is 0 Å². The molecule has 1 atom stereocenters. The van der Waals surface area contributed by atoms with Crippen LogP contribution in [0.5, 0.6) is 11.5 Å². The van der Waals surface area contributed by atoms with Crippen LogP contribution in [0.3, 0.4) is 0 Å². The molecule has 6 nitrogen and oxygen atoms in total. The summed E-state index contributed by atoms with van der Waals surface area (Å²) in [5, 5.41) is 0. The average molecular weight is 527 g/mol. The maximum atomic E-state index is 13.0. The van der Waals surface area contributed by atoms with Crippen molar-refractivity contribution in [3.8, 4) is 11.5 Å². The summed E-state index contributed by atoms with van der Waals surface area (Å²) >= 11 is 3.63. The minimum Gasteiger partial charge on any atom is -0.495 e. The van der Waals surface area contributed by atoms with Crippen molar-refractivity contribution in [1.82, 2.24) is 0 Å². The van der Waals surface area contributed by atoms with Gasteiger partial charge < -0.3 is 18.9 Å². The van der Waals surface area contributed by atoms with Gasteiger partial charge in [0, 0.05) is 16.8 Å². The van der Waals surface area contributed by atoms with Gasteiger partial charge in [0.15, 0.2) is 17.3 Å². The standard InChI is InChI=1S/C27H27BrO6/c1-16(2)11-21(29)20-9-10-22-24(26(20)31-3)27(30)33-15-18-12-19(28)13-23(25(18)34-22)32-14-17-7-5-4-6-8-17/h4-10,13,16,19H,11-12,14-15H2,1-3H3. The van der Waals surface area contributed by atoms with Crippen molar-refractivity contribution < 1.29 is 28.5 Å². The van der Waals surface area contributed by atoms with Crippen molar-refractivity contribution in [2.75, 3.05) is 13.7 Å². The molecule has 0 fully saturated rings. The van der Waals surface area contributed by atoms with Crippen LogP contribution in [-0.4, -0.2) is 30.3 Å². The van der Waals surface area contributed by atoms with Gasteiger partial charge in [-0.05, 0) is 36.1 Å². The zero-order valence-electron chi connectivity index (χ0n) is 19.4. The topological polar surface area (TPSA) is 71.1 Å². The molecular formula is C27H27BrO6. The molecule has 1 aliphatic heterocycles. The van der Waals surface area contributed by atoms with Gasteiger partial charge in [0.25, 0.3) is 0 Å². The second-order valence-corrected chi connectivity index (χ2v) is 9.85. The number of benzene rings is 2. The molecule has 178 valence electrons. The molecule has 0 N–H and O–H groups in total. The van der Waals surface area contributed by atoms with Gasteiger partial charge in [-0.15, -0.1) is 0 Å². The Kier molecular flexibility index (Phi) is 7.41. The van der Waals surface area contributed by atoms with Crippen molar-refractivity contribution in [1.29, 1.82) is 0 Å². The molecule has 7 heteroatoms. The van der Waals surface area contributed by atoms with Crippen LogP contribution in [0.1, 0.15) is 53.0 Å². The molecule has 1 heterocycles. The number of methoxy groups -OCH3 is 1. The first-order valence-electron chi connectivity index (χ1n) is 11.2. The van der Waals surface area contributed by atoms with Crippen molar-refractivity contribution in [3.63, 3.8) is 0 Å². The zero-order valence-corrected chi connectivity index (χ0v) is 21.0. The minimum absolute atomic E-state index is 0.0174. The molecule has 2 aromatic rings. The summed E-state index contributed by atoms with van der Waals surface area (Å²) in [4.78, 5) is 25.8. The predicted octanol–water partition coefficient (Wildman–Crippen LogP) is 6.00. The van der Waals surface area contributed by atoms with E-state index >= 15 is 0 Å². The highest BCUT2D eigenvalue weighted by Crippen LogP contribution is 2.40. The normalized spacial score (nSPS) is 17.5. The Hall–Kier alpha value is -3.06. The number of ketones is 1. The summed E-state index contributed by atoms with van der Waals surface area (Å²) in [5.41, 5.74) is 2.28. The number of halogens is 1. The molecule has 1 unspecified atom stereocenters. The van der Waals surface area contributed by atoms with Gasteiger partial charge in [-0.3, -0.25) is 4.79 Å². The maximum Gasteiger partial charge on any atom is 0.346 e. The van der Waals surface area contributed by atoms with Gasteiger partial charge in [-0.25, -0.2) is 4.79 Å². The lowest BCUT2D eigenvalue weighted by Crippen LogP contribution is -2.23. The number of fused-ring (bicyclic) bond motifs is 1. The first kappa shape index (κ1) is 24.1. The summed E-state index contributed by atoms with van der Waals surface area (Å²) in [6.07, 6.45) is 2.90. The van der Waals surface area contributed by atoms with Gasteiger partial charge in [0.2, 0.25) is 0 Å². The second-order valence-electron chi connectivity index (χ2n) is 8.68. The summed E-state index contributed by atoms with van der Waals surface area (Å²) in [7, 11) is 1.43. The Labute approximate surface area is 207 Å². The number of alkyl halides is 1. The molecule has 0 radical (unpaired) electrons. The molecule has 34 heavy (non-hydrogen) atoms. The van der Waals surface area contributed by atoms with Crippen LogP contribution < -0.4 is 9.47 Å². The van der Waals surface area contributed by atoms with Crippen molar-refractivity contribution in [3.05, 3.63) is 82.3 Å². The molecule has 2 aliphatic rings. The number of allylic oxidation sites excluding steroid dienone is 1. The third-order valence-corrected chi connectivity index (χ3v) is 6.16. The third kappa shape index (κ3) is 5.20. The number of hydrogen-bond donors (Lipinski definition) is 0. The van der Waals surface area contributed by atoms with E-state index in [0.29, 0.717) is 36.5 Å². The van der Waals surface area contributed by atoms with Gasteiger partial charge in [-0.1, -0.05) is 60.1 Å². The highest BCUT2D eigenvalue weighted by molar-refractivity contribution is 9.09. The predicted molar refractivity (Wildman–Crippen MR) is 131 cm³/mol. The lowest BCUT2D eigenvalue weighted by molar-refractivity contribution is 0.0514. The van der Waals surface area contributed by atoms with Crippen LogP contribution in [0.4, 0.5) is 0 Å². The van der Waals surface area contributed by atoms with Crippen LogP contribution in [0, 0.1) is 5.92 Å². The molecule has 4 rings (SSSR count). The molecule has 0 saturated heterocycles. The van der Waals surface area contributed by atoms with Crippen LogP contribution >= 0.6 is 15.9 Å². The zero-order chi connectivity index (χ0) is 24.2. The number of hydrogen-bond acceptors (Lipinski definition) is 6. The molecule has 1 aliphatic carbocycles. The van der Waals surface area contributed by atoms with E-state index in [0.717, 1.165) is 11.1 Å². The van der Waals surface area contributed by atoms with E-state index in [1.54, 1.807) is 12.1 Å². The highest BCUT2D eigenvalue weighted by atomic mass is 79.9. The van der Waals surface area contributed by atoms with Crippen LogP contribution in [0.2, 0.25) is 0 Å². The summed E-state index contributed by atoms with van der Waals surface area (Å²) in [6.45, 7) is 4.35. The number of ether oxygens (including phenoxy) is 4. The van der Waals surface area contributed by atoms with Crippen molar-refractivity contribution >= 4 is 27.7 Å². The lowest BCUT2D eigenvalue weighted by atomic mass is 9.97. The summed E-state index contributed by atoms with van der Waals surface area (Å²) in [6, 6.07) is 13.1. The summed E-state index contributed by atoms with van der Waals surface area (Å²) < 4.78 is 23.6. The number of rotatable bonds is 7. The second kappa shape index (κ2) is 10.5. The van der Waals surface area contributed by atoms with E-state index < -0.39 is 5.97 Å². The van der Waals surface area contributed by atoms with Crippen LogP contribution in [0.25, 0.3) is 0 Å². The molecule has 0 bridgehead atoms. The lowest BCUT2D eigenvalue weighted by Gasteiger charge is -2.27. The van der Waals surface area contributed by atoms with E-state index in [1.807, 2.05) is 50.3 Å². The molecule has 0 saturated carbocycles. The van der Waals surface area contributed by atoms with Crippen molar-refractivity contribution in [2.24, 2.45) is 5.92 Å². The molecule has 0 aromatic heterocycles. The van der Waals surface area contributed by atoms with E-state index in [-0.39, 0.29) is 40.2 Å². The fourth-order valence-electron chi connectivity index (χ4n) is 3.99. The monoisotopic (exact) mass is 526 g/mol. The number of carbonyl (C=O) groups excluding carboxylic acids is 2. The van der Waals surface area contributed by atoms with Gasteiger partial charge in [0.05, 0.1) is 12.7 Å². The number of cyclic esters (lactones) is 1. The SMILES string of the molecule is COc1c(C(=O)CC(C)C)ccc2c1C(=O)OCC1=C(O2)C(OCc2ccccc2)=CC(Br)C1. The van der Waals surface area contributed by atoms with Gasteiger partial charge in [0.1, 0.15) is 30.3 Å². The molecular weight excluding hydrogens is 500 g/mol. The van der Waals surface area contributed by atoms with Crippen LogP contribution in [-0.2, 0) is 16.1 Å². The van der Waals surface area contributed by atoms with Crippen molar-refractivity contribution in [2.45, 2.75) is 38.1 Å². The average Bonchev–Trinajstić information content (AvgIpc) is 2.81. The van der Waals surface area contributed by atoms with E-state index in [2.05, 4.69) is 15.9 Å².